The largest absolute Gasteiger partial charge is 0.465 e. The van der Waals surface area contributed by atoms with E-state index in [1.807, 2.05) is 0 Å². The molecular weight excluding hydrogens is 308 g/mol. The fourth-order valence-corrected chi connectivity index (χ4v) is 2.99. The standard InChI is InChI=1S/C13H14N4O4S/c1-5-8(10(14)18)12(22-9(5)13(20)21-3)15-4-7-6(2)16-17-11(7)19/h4,15-16H,2H2,1,3H3,(H2,14,18)(H,17,19). The van der Waals surface area contributed by atoms with Crippen molar-refractivity contribution >= 4 is 41.0 Å². The summed E-state index contributed by atoms with van der Waals surface area (Å²) in [6, 6.07) is 0. The number of primary amides is 1. The number of amides is 1. The molecule has 0 spiro atoms. The first kappa shape index (κ1) is 15.6. The Bertz CT molecular complexity index is 875. The Morgan fingerprint density at radius 2 is 2.09 bits per heavy atom. The molecule has 0 radical (unpaired) electrons. The van der Waals surface area contributed by atoms with E-state index in [-0.39, 0.29) is 21.2 Å². The van der Waals surface area contributed by atoms with Crippen LogP contribution in [0.1, 0.15) is 25.6 Å². The van der Waals surface area contributed by atoms with Crippen molar-refractivity contribution in [2.75, 3.05) is 12.4 Å². The zero-order valence-electron chi connectivity index (χ0n) is 11.9. The van der Waals surface area contributed by atoms with Crippen LogP contribution in [0.25, 0.3) is 12.8 Å². The second kappa shape index (κ2) is 5.90. The first-order valence-electron chi connectivity index (χ1n) is 6.10. The van der Waals surface area contributed by atoms with Gasteiger partial charge in [-0.15, -0.1) is 11.3 Å². The first-order chi connectivity index (χ1) is 10.4. The molecule has 0 unspecified atom stereocenters. The van der Waals surface area contributed by atoms with Crippen LogP contribution < -0.4 is 27.2 Å². The minimum Gasteiger partial charge on any atom is -0.465 e. The van der Waals surface area contributed by atoms with Crippen molar-refractivity contribution in [3.05, 3.63) is 36.9 Å². The highest BCUT2D eigenvalue weighted by atomic mass is 32.1. The van der Waals surface area contributed by atoms with Crippen LogP contribution in [0.3, 0.4) is 0 Å². The van der Waals surface area contributed by atoms with Crippen LogP contribution in [0, 0.1) is 6.92 Å². The lowest BCUT2D eigenvalue weighted by atomic mass is 10.1. The topological polar surface area (TPSA) is 130 Å². The lowest BCUT2D eigenvalue weighted by molar-refractivity contribution is 0.0605. The van der Waals surface area contributed by atoms with Crippen molar-refractivity contribution in [1.82, 2.24) is 10.2 Å². The third kappa shape index (κ3) is 2.66. The summed E-state index contributed by atoms with van der Waals surface area (Å²) in [5.74, 6) is -1.24. The van der Waals surface area contributed by atoms with E-state index >= 15 is 0 Å². The summed E-state index contributed by atoms with van der Waals surface area (Å²) in [5.41, 5.74) is 5.60. The van der Waals surface area contributed by atoms with Crippen LogP contribution >= 0.6 is 11.3 Å². The van der Waals surface area contributed by atoms with Crippen molar-refractivity contribution in [3.8, 4) is 0 Å². The van der Waals surface area contributed by atoms with Crippen LogP contribution in [-0.4, -0.2) is 29.2 Å². The maximum absolute atomic E-state index is 11.7. The molecular formula is C13H14N4O4S. The number of ether oxygens (including phenoxy) is 1. The third-order valence-electron chi connectivity index (χ3n) is 3.01. The molecule has 0 bridgehead atoms. The third-order valence-corrected chi connectivity index (χ3v) is 4.21. The minimum absolute atomic E-state index is 0.180. The summed E-state index contributed by atoms with van der Waals surface area (Å²) < 4.78 is 4.67. The van der Waals surface area contributed by atoms with Crippen LogP contribution in [-0.2, 0) is 4.74 Å². The number of H-pyrrole nitrogens is 2. The summed E-state index contributed by atoms with van der Waals surface area (Å²) in [6.45, 7) is 5.26. The van der Waals surface area contributed by atoms with Crippen molar-refractivity contribution in [2.45, 2.75) is 6.92 Å². The molecule has 0 saturated carbocycles. The molecule has 8 nitrogen and oxygen atoms in total. The predicted octanol–water partition coefficient (Wildman–Crippen LogP) is -0.781. The van der Waals surface area contributed by atoms with Crippen LogP contribution in [0.5, 0.6) is 0 Å². The SMILES string of the molecule is C=c1[nH][nH]c(=O)c1=CNc1sc(C(=O)OC)c(C)c1C(N)=O. The highest BCUT2D eigenvalue weighted by Gasteiger charge is 2.23. The number of rotatable bonds is 4. The quantitative estimate of drug-likeness (QED) is 0.549. The number of carbonyl (C=O) groups excluding carboxylic acids is 2. The number of anilines is 1. The second-order valence-electron chi connectivity index (χ2n) is 4.38. The number of aromatic nitrogens is 2. The Morgan fingerprint density at radius 3 is 2.59 bits per heavy atom. The zero-order chi connectivity index (χ0) is 16.4. The molecule has 2 aromatic heterocycles. The zero-order valence-corrected chi connectivity index (χ0v) is 12.7. The molecule has 5 N–H and O–H groups in total. The minimum atomic E-state index is -0.683. The predicted molar refractivity (Wildman–Crippen MR) is 83.2 cm³/mol. The van der Waals surface area contributed by atoms with Gasteiger partial charge >= 0.3 is 5.97 Å². The molecule has 0 atom stereocenters. The van der Waals surface area contributed by atoms with Gasteiger partial charge < -0.3 is 15.8 Å². The molecule has 0 aliphatic rings. The van der Waals surface area contributed by atoms with E-state index in [4.69, 9.17) is 5.73 Å². The van der Waals surface area contributed by atoms with Crippen molar-refractivity contribution in [1.29, 1.82) is 0 Å². The van der Waals surface area contributed by atoms with E-state index < -0.39 is 11.9 Å². The van der Waals surface area contributed by atoms with E-state index in [0.29, 0.717) is 15.9 Å². The Morgan fingerprint density at radius 1 is 1.41 bits per heavy atom. The lowest BCUT2D eigenvalue weighted by Gasteiger charge is -2.00. The molecule has 22 heavy (non-hydrogen) atoms. The summed E-state index contributed by atoms with van der Waals surface area (Å²) >= 11 is 1.02. The number of nitrogens with two attached hydrogens (primary N) is 1. The number of nitrogens with one attached hydrogen (secondary N) is 3. The van der Waals surface area contributed by atoms with Gasteiger partial charge in [0.2, 0.25) is 0 Å². The van der Waals surface area contributed by atoms with Crippen LogP contribution in [0.15, 0.2) is 4.79 Å². The van der Waals surface area contributed by atoms with Crippen molar-refractivity contribution in [3.63, 3.8) is 0 Å². The summed E-state index contributed by atoms with van der Waals surface area (Å²) in [5, 5.41) is 8.79. The number of aromatic amines is 2. The number of hydrogen-bond donors (Lipinski definition) is 4. The Balaban J connectivity index is 2.54. The van der Waals surface area contributed by atoms with Gasteiger partial charge in [-0.25, -0.2) is 4.79 Å². The Hall–Kier alpha value is -2.81. The average molecular weight is 322 g/mol. The first-order valence-corrected chi connectivity index (χ1v) is 6.92. The maximum Gasteiger partial charge on any atom is 0.348 e. The fourth-order valence-electron chi connectivity index (χ4n) is 1.89. The number of methoxy groups -OCH3 is 1. The summed E-state index contributed by atoms with van der Waals surface area (Å²) in [7, 11) is 1.25. The van der Waals surface area contributed by atoms with Gasteiger partial charge in [-0.3, -0.25) is 19.8 Å². The summed E-state index contributed by atoms with van der Waals surface area (Å²) in [6.07, 6.45) is 1.39. The molecule has 0 saturated heterocycles. The van der Waals surface area contributed by atoms with E-state index in [0.717, 1.165) is 11.3 Å². The molecule has 9 heteroatoms. The lowest BCUT2D eigenvalue weighted by Crippen LogP contribution is -2.33. The van der Waals surface area contributed by atoms with Gasteiger partial charge in [0.15, 0.2) is 0 Å². The molecule has 2 rings (SSSR count). The highest BCUT2D eigenvalue weighted by Crippen LogP contribution is 2.33. The van der Waals surface area contributed by atoms with Gasteiger partial charge in [-0.05, 0) is 12.5 Å². The molecule has 2 aromatic rings. The van der Waals surface area contributed by atoms with Crippen molar-refractivity contribution in [2.24, 2.45) is 5.73 Å². The second-order valence-corrected chi connectivity index (χ2v) is 5.40. The Labute approximate surface area is 128 Å². The van der Waals surface area contributed by atoms with Gasteiger partial charge in [0.1, 0.15) is 9.88 Å². The number of carbonyl (C=O) groups is 2. The Kier molecular flexibility index (Phi) is 4.18. The molecule has 2 heterocycles. The monoisotopic (exact) mass is 322 g/mol. The van der Waals surface area contributed by atoms with Gasteiger partial charge in [0.05, 0.1) is 23.2 Å². The molecule has 0 aliphatic carbocycles. The number of thiophene rings is 1. The van der Waals surface area contributed by atoms with E-state index in [1.54, 1.807) is 6.92 Å². The highest BCUT2D eigenvalue weighted by molar-refractivity contribution is 7.18. The molecule has 1 amide bonds. The van der Waals surface area contributed by atoms with Gasteiger partial charge in [0.25, 0.3) is 11.5 Å². The average Bonchev–Trinajstić information content (AvgIpc) is 2.96. The smallest absolute Gasteiger partial charge is 0.348 e. The van der Waals surface area contributed by atoms with Gasteiger partial charge in [-0.1, -0.05) is 6.58 Å². The van der Waals surface area contributed by atoms with Gasteiger partial charge in [-0.2, -0.15) is 0 Å². The molecule has 0 aliphatic heterocycles. The molecule has 0 fully saturated rings. The summed E-state index contributed by atoms with van der Waals surface area (Å²) in [4.78, 5) is 35.1. The van der Waals surface area contributed by atoms with E-state index in [1.165, 1.54) is 13.3 Å². The normalized spacial score (nSPS) is 11.5. The van der Waals surface area contributed by atoms with Crippen molar-refractivity contribution < 1.29 is 14.3 Å². The molecule has 0 aromatic carbocycles. The maximum atomic E-state index is 11.7. The van der Waals surface area contributed by atoms with Crippen LogP contribution in [0.2, 0.25) is 0 Å². The van der Waals surface area contributed by atoms with Crippen LogP contribution in [0.4, 0.5) is 5.00 Å². The number of esters is 1. The number of hydrogen-bond acceptors (Lipinski definition) is 6. The van der Waals surface area contributed by atoms with E-state index in [9.17, 15) is 14.4 Å². The fraction of sp³-hybridized carbons (Fsp3) is 0.154. The van der Waals surface area contributed by atoms with Gasteiger partial charge in [0, 0.05) is 6.20 Å². The molecule has 116 valence electrons. The van der Waals surface area contributed by atoms with E-state index in [2.05, 4.69) is 26.8 Å².